The van der Waals surface area contributed by atoms with E-state index in [9.17, 15) is 9.90 Å². The molecule has 0 aliphatic carbocycles. The standard InChI is InChI=1S/C13H15NO2S/c15-9-5-6-14(7-9)13(16)11-8-17-12-4-2-1-3-10(11)12/h1-4,9,11,15H,5-8H2/t9-,11?/m1/s1. The number of rotatable bonds is 1. The molecule has 3 nitrogen and oxygen atoms in total. The molecule has 1 N–H and O–H groups in total. The van der Waals surface area contributed by atoms with E-state index < -0.39 is 0 Å². The molecular weight excluding hydrogens is 234 g/mol. The molecule has 2 aliphatic rings. The summed E-state index contributed by atoms with van der Waals surface area (Å²) in [6.45, 7) is 1.20. The number of benzene rings is 1. The number of carbonyl (C=O) groups is 1. The fourth-order valence-electron chi connectivity index (χ4n) is 2.53. The topological polar surface area (TPSA) is 40.5 Å². The summed E-state index contributed by atoms with van der Waals surface area (Å²) in [5.74, 6) is 1.01. The SMILES string of the molecule is O=C(C1CSc2ccccc21)N1CC[C@@H](O)C1. The van der Waals surface area contributed by atoms with E-state index in [0.29, 0.717) is 19.5 Å². The Morgan fingerprint density at radius 2 is 2.24 bits per heavy atom. The van der Waals surface area contributed by atoms with Gasteiger partial charge in [0, 0.05) is 23.7 Å². The minimum Gasteiger partial charge on any atom is -0.391 e. The number of hydrogen-bond acceptors (Lipinski definition) is 3. The molecule has 3 rings (SSSR count). The number of carbonyl (C=O) groups excluding carboxylic acids is 1. The van der Waals surface area contributed by atoms with Crippen LogP contribution in [0.1, 0.15) is 17.9 Å². The minimum absolute atomic E-state index is 0.0125. The molecule has 2 aliphatic heterocycles. The van der Waals surface area contributed by atoms with Crippen LogP contribution in [0.15, 0.2) is 29.2 Å². The number of fused-ring (bicyclic) bond motifs is 1. The Morgan fingerprint density at radius 1 is 1.41 bits per heavy atom. The van der Waals surface area contributed by atoms with Crippen molar-refractivity contribution in [1.82, 2.24) is 4.90 Å². The summed E-state index contributed by atoms with van der Waals surface area (Å²) in [4.78, 5) is 15.4. The predicted octanol–water partition coefficient (Wildman–Crippen LogP) is 1.47. The minimum atomic E-state index is -0.330. The van der Waals surface area contributed by atoms with Crippen molar-refractivity contribution < 1.29 is 9.90 Å². The maximum absolute atomic E-state index is 12.4. The van der Waals surface area contributed by atoms with Crippen LogP contribution in [-0.4, -0.2) is 40.9 Å². The summed E-state index contributed by atoms with van der Waals surface area (Å²) >= 11 is 1.75. The van der Waals surface area contributed by atoms with Crippen molar-refractivity contribution in [2.45, 2.75) is 23.3 Å². The molecule has 1 aromatic rings. The van der Waals surface area contributed by atoms with Crippen LogP contribution in [0, 0.1) is 0 Å². The molecule has 1 unspecified atom stereocenters. The lowest BCUT2D eigenvalue weighted by molar-refractivity contribution is -0.131. The summed E-state index contributed by atoms with van der Waals surface area (Å²) in [5.41, 5.74) is 1.16. The van der Waals surface area contributed by atoms with Gasteiger partial charge in [0.2, 0.25) is 5.91 Å². The number of amides is 1. The van der Waals surface area contributed by atoms with Gasteiger partial charge in [0.1, 0.15) is 0 Å². The van der Waals surface area contributed by atoms with Crippen LogP contribution < -0.4 is 0 Å². The van der Waals surface area contributed by atoms with Crippen LogP contribution in [0.2, 0.25) is 0 Å². The van der Waals surface area contributed by atoms with E-state index in [1.54, 1.807) is 16.7 Å². The van der Waals surface area contributed by atoms with Crippen molar-refractivity contribution in [2.75, 3.05) is 18.8 Å². The summed E-state index contributed by atoms with van der Waals surface area (Å²) in [6, 6.07) is 8.12. The quantitative estimate of drug-likeness (QED) is 0.819. The predicted molar refractivity (Wildman–Crippen MR) is 67.1 cm³/mol. The van der Waals surface area contributed by atoms with E-state index in [1.165, 1.54) is 4.90 Å². The lowest BCUT2D eigenvalue weighted by atomic mass is 10.00. The zero-order valence-electron chi connectivity index (χ0n) is 9.50. The molecule has 0 bridgehead atoms. The maximum Gasteiger partial charge on any atom is 0.231 e. The van der Waals surface area contributed by atoms with E-state index in [0.717, 1.165) is 11.3 Å². The maximum atomic E-state index is 12.4. The molecule has 0 saturated carbocycles. The van der Waals surface area contributed by atoms with Crippen LogP contribution in [0.4, 0.5) is 0 Å². The summed E-state index contributed by atoms with van der Waals surface area (Å²) in [6.07, 6.45) is 0.385. The van der Waals surface area contributed by atoms with Gasteiger partial charge in [-0.2, -0.15) is 0 Å². The molecular formula is C13H15NO2S. The summed E-state index contributed by atoms with van der Waals surface area (Å²) in [5, 5.41) is 9.49. The van der Waals surface area contributed by atoms with Gasteiger partial charge in [-0.3, -0.25) is 4.79 Å². The van der Waals surface area contributed by atoms with E-state index >= 15 is 0 Å². The Hall–Kier alpha value is -1.00. The highest BCUT2D eigenvalue weighted by Gasteiger charge is 2.34. The van der Waals surface area contributed by atoms with E-state index in [2.05, 4.69) is 6.07 Å². The van der Waals surface area contributed by atoms with E-state index in [-0.39, 0.29) is 17.9 Å². The van der Waals surface area contributed by atoms with Crippen LogP contribution in [-0.2, 0) is 4.79 Å². The average Bonchev–Trinajstić information content (AvgIpc) is 2.94. The van der Waals surface area contributed by atoms with Crippen LogP contribution in [0.25, 0.3) is 0 Å². The lowest BCUT2D eigenvalue weighted by Crippen LogP contribution is -2.34. The third kappa shape index (κ3) is 1.96. The summed E-state index contributed by atoms with van der Waals surface area (Å²) in [7, 11) is 0. The number of likely N-dealkylation sites (tertiary alicyclic amines) is 1. The van der Waals surface area contributed by atoms with Crippen molar-refractivity contribution >= 4 is 17.7 Å². The van der Waals surface area contributed by atoms with Gasteiger partial charge in [0.25, 0.3) is 0 Å². The number of β-amino-alcohol motifs (C(OH)–C–C–N with tert-alkyl or cyclic N) is 1. The number of nitrogens with zero attached hydrogens (tertiary/aromatic N) is 1. The molecule has 4 heteroatoms. The number of hydrogen-bond donors (Lipinski definition) is 1. The molecule has 1 saturated heterocycles. The fraction of sp³-hybridized carbons (Fsp3) is 0.462. The van der Waals surface area contributed by atoms with Gasteiger partial charge in [-0.15, -0.1) is 11.8 Å². The van der Waals surface area contributed by atoms with Gasteiger partial charge in [-0.1, -0.05) is 18.2 Å². The molecule has 2 atom stereocenters. The highest BCUT2D eigenvalue weighted by Crippen LogP contribution is 2.40. The van der Waals surface area contributed by atoms with Crippen molar-refractivity contribution in [3.05, 3.63) is 29.8 Å². The lowest BCUT2D eigenvalue weighted by Gasteiger charge is -2.20. The van der Waals surface area contributed by atoms with Gasteiger partial charge >= 0.3 is 0 Å². The Bertz CT molecular complexity index is 449. The first-order chi connectivity index (χ1) is 8.25. The third-order valence-corrected chi connectivity index (χ3v) is 4.66. The second-order valence-electron chi connectivity index (χ2n) is 4.63. The molecule has 1 fully saturated rings. The average molecular weight is 249 g/mol. The number of aliphatic hydroxyl groups is 1. The van der Waals surface area contributed by atoms with Gasteiger partial charge in [0.15, 0.2) is 0 Å². The monoisotopic (exact) mass is 249 g/mol. The van der Waals surface area contributed by atoms with Crippen LogP contribution in [0.3, 0.4) is 0 Å². The fourth-order valence-corrected chi connectivity index (χ4v) is 3.75. The Kier molecular flexibility index (Phi) is 2.84. The first-order valence-electron chi connectivity index (χ1n) is 5.94. The first-order valence-corrected chi connectivity index (χ1v) is 6.93. The van der Waals surface area contributed by atoms with Crippen molar-refractivity contribution in [1.29, 1.82) is 0 Å². The molecule has 2 heterocycles. The number of thioether (sulfide) groups is 1. The molecule has 0 spiro atoms. The Balaban J connectivity index is 1.80. The normalized spacial score (nSPS) is 27.2. The second kappa shape index (κ2) is 4.35. The van der Waals surface area contributed by atoms with Crippen molar-refractivity contribution in [3.63, 3.8) is 0 Å². The van der Waals surface area contributed by atoms with Crippen LogP contribution in [0.5, 0.6) is 0 Å². The Morgan fingerprint density at radius 3 is 3.00 bits per heavy atom. The molecule has 0 aromatic heterocycles. The van der Waals surface area contributed by atoms with Crippen LogP contribution >= 0.6 is 11.8 Å². The molecule has 1 amide bonds. The largest absolute Gasteiger partial charge is 0.391 e. The summed E-state index contributed by atoms with van der Waals surface area (Å²) < 4.78 is 0. The van der Waals surface area contributed by atoms with Crippen molar-refractivity contribution in [2.24, 2.45) is 0 Å². The van der Waals surface area contributed by atoms with Gasteiger partial charge in [0.05, 0.1) is 12.0 Å². The molecule has 17 heavy (non-hydrogen) atoms. The van der Waals surface area contributed by atoms with E-state index in [1.807, 2.05) is 18.2 Å². The van der Waals surface area contributed by atoms with Gasteiger partial charge in [-0.05, 0) is 18.1 Å². The highest BCUT2D eigenvalue weighted by atomic mass is 32.2. The third-order valence-electron chi connectivity index (χ3n) is 3.47. The second-order valence-corrected chi connectivity index (χ2v) is 5.69. The van der Waals surface area contributed by atoms with Gasteiger partial charge < -0.3 is 10.0 Å². The molecule has 90 valence electrons. The molecule has 0 radical (unpaired) electrons. The van der Waals surface area contributed by atoms with Crippen molar-refractivity contribution in [3.8, 4) is 0 Å². The molecule has 1 aromatic carbocycles. The smallest absolute Gasteiger partial charge is 0.231 e. The highest BCUT2D eigenvalue weighted by molar-refractivity contribution is 7.99. The zero-order chi connectivity index (χ0) is 11.8. The van der Waals surface area contributed by atoms with E-state index in [4.69, 9.17) is 0 Å². The number of aliphatic hydroxyl groups excluding tert-OH is 1. The zero-order valence-corrected chi connectivity index (χ0v) is 10.3. The Labute approximate surface area is 105 Å². The first kappa shape index (κ1) is 11.1. The van der Waals surface area contributed by atoms with Gasteiger partial charge in [-0.25, -0.2) is 0 Å².